The number of hydrogen-bond donors (Lipinski definition) is 1. The first-order valence-electron chi connectivity index (χ1n) is 6.96. The summed E-state index contributed by atoms with van der Waals surface area (Å²) >= 11 is 0. The van der Waals surface area contributed by atoms with Crippen LogP contribution in [0.3, 0.4) is 0 Å². The van der Waals surface area contributed by atoms with E-state index < -0.39 is 27.4 Å². The van der Waals surface area contributed by atoms with Crippen LogP contribution in [-0.2, 0) is 10.0 Å². The zero-order valence-electron chi connectivity index (χ0n) is 12.8. The number of nitrogens with one attached hydrogen (secondary N) is 1. The van der Waals surface area contributed by atoms with Crippen molar-refractivity contribution < 1.29 is 26.7 Å². The molecular formula is C16H15F2NO4S. The minimum absolute atomic E-state index is 0.126. The molecule has 0 amide bonds. The van der Waals surface area contributed by atoms with Gasteiger partial charge in [0.15, 0.2) is 17.3 Å². The molecule has 0 atom stereocenters. The molecular weight excluding hydrogens is 340 g/mol. The molecule has 2 aromatic rings. The quantitative estimate of drug-likeness (QED) is 0.775. The van der Waals surface area contributed by atoms with Crippen LogP contribution in [0.2, 0.25) is 0 Å². The number of benzene rings is 2. The second-order valence-electron chi connectivity index (χ2n) is 4.98. The standard InChI is InChI=1S/C16H15F2NO4S/c1-11(20)12-2-5-14(6-3-12)19-24(21,22)9-8-23-16-7-4-13(17)10-15(16)18/h2-7,10,19H,8-9H2,1H3. The van der Waals surface area contributed by atoms with Crippen molar-refractivity contribution in [2.45, 2.75) is 6.92 Å². The van der Waals surface area contributed by atoms with E-state index in [1.54, 1.807) is 0 Å². The predicted octanol–water partition coefficient (Wildman–Crippen LogP) is 2.99. The molecule has 0 aromatic heterocycles. The van der Waals surface area contributed by atoms with Crippen LogP contribution in [0.25, 0.3) is 0 Å². The Morgan fingerprint density at radius 2 is 1.79 bits per heavy atom. The number of ketones is 1. The highest BCUT2D eigenvalue weighted by Gasteiger charge is 2.12. The third-order valence-corrected chi connectivity index (χ3v) is 4.32. The molecule has 8 heteroatoms. The van der Waals surface area contributed by atoms with E-state index in [0.29, 0.717) is 17.3 Å². The number of rotatable bonds is 7. The molecule has 128 valence electrons. The zero-order valence-corrected chi connectivity index (χ0v) is 13.6. The minimum atomic E-state index is -3.72. The van der Waals surface area contributed by atoms with Gasteiger partial charge in [0.05, 0.1) is 0 Å². The van der Waals surface area contributed by atoms with E-state index in [2.05, 4.69) is 4.72 Å². The minimum Gasteiger partial charge on any atom is -0.489 e. The van der Waals surface area contributed by atoms with Gasteiger partial charge in [0.2, 0.25) is 10.0 Å². The predicted molar refractivity (Wildman–Crippen MR) is 85.7 cm³/mol. The van der Waals surface area contributed by atoms with Crippen LogP contribution in [-0.4, -0.2) is 26.6 Å². The van der Waals surface area contributed by atoms with E-state index in [-0.39, 0.29) is 18.1 Å². The largest absolute Gasteiger partial charge is 0.489 e. The van der Waals surface area contributed by atoms with Gasteiger partial charge in [0.1, 0.15) is 18.2 Å². The Labute approximate surface area is 138 Å². The van der Waals surface area contributed by atoms with E-state index in [1.165, 1.54) is 31.2 Å². The molecule has 0 fully saturated rings. The van der Waals surface area contributed by atoms with Gasteiger partial charge in [0, 0.05) is 17.3 Å². The lowest BCUT2D eigenvalue weighted by atomic mass is 10.1. The Hall–Kier alpha value is -2.48. The van der Waals surface area contributed by atoms with Gasteiger partial charge in [0.25, 0.3) is 0 Å². The fourth-order valence-electron chi connectivity index (χ4n) is 1.86. The molecule has 2 rings (SSSR count). The number of sulfonamides is 1. The van der Waals surface area contributed by atoms with E-state index in [4.69, 9.17) is 4.74 Å². The van der Waals surface area contributed by atoms with Crippen LogP contribution in [0.1, 0.15) is 17.3 Å². The van der Waals surface area contributed by atoms with Crippen LogP contribution >= 0.6 is 0 Å². The molecule has 5 nitrogen and oxygen atoms in total. The highest BCUT2D eigenvalue weighted by molar-refractivity contribution is 7.92. The molecule has 0 aliphatic rings. The maximum absolute atomic E-state index is 13.4. The van der Waals surface area contributed by atoms with Crippen LogP contribution < -0.4 is 9.46 Å². The molecule has 0 unspecified atom stereocenters. The first kappa shape index (κ1) is 17.9. The molecule has 0 saturated heterocycles. The number of hydrogen-bond acceptors (Lipinski definition) is 4. The maximum Gasteiger partial charge on any atom is 0.236 e. The third kappa shape index (κ3) is 5.02. The normalized spacial score (nSPS) is 11.1. The van der Waals surface area contributed by atoms with E-state index in [0.717, 1.165) is 12.1 Å². The summed E-state index contributed by atoms with van der Waals surface area (Å²) < 4.78 is 57.3. The molecule has 1 N–H and O–H groups in total. The monoisotopic (exact) mass is 355 g/mol. The van der Waals surface area contributed by atoms with Gasteiger partial charge < -0.3 is 4.74 Å². The molecule has 24 heavy (non-hydrogen) atoms. The van der Waals surface area contributed by atoms with Gasteiger partial charge in [-0.1, -0.05) is 0 Å². The van der Waals surface area contributed by atoms with Crippen molar-refractivity contribution in [3.63, 3.8) is 0 Å². The molecule has 0 heterocycles. The van der Waals surface area contributed by atoms with Crippen LogP contribution in [0.5, 0.6) is 5.75 Å². The fourth-order valence-corrected chi connectivity index (χ4v) is 2.76. The van der Waals surface area contributed by atoms with Gasteiger partial charge in [-0.2, -0.15) is 0 Å². The highest BCUT2D eigenvalue weighted by Crippen LogP contribution is 2.18. The number of ether oxygens (including phenoxy) is 1. The Balaban J connectivity index is 1.92. The highest BCUT2D eigenvalue weighted by atomic mass is 32.2. The van der Waals surface area contributed by atoms with Crippen LogP contribution in [0.15, 0.2) is 42.5 Å². The number of anilines is 1. The lowest BCUT2D eigenvalue weighted by molar-refractivity contribution is 0.101. The van der Waals surface area contributed by atoms with Crippen LogP contribution in [0.4, 0.5) is 14.5 Å². The summed E-state index contributed by atoms with van der Waals surface area (Å²) in [4.78, 5) is 11.2. The molecule has 0 aliphatic heterocycles. The summed E-state index contributed by atoms with van der Waals surface area (Å²) in [5.74, 6) is -2.42. The average molecular weight is 355 g/mol. The summed E-state index contributed by atoms with van der Waals surface area (Å²) in [5, 5.41) is 0. The lowest BCUT2D eigenvalue weighted by Crippen LogP contribution is -2.21. The number of Topliss-reactive ketones (excluding diaryl/α,β-unsaturated/α-hetero) is 1. The first-order valence-corrected chi connectivity index (χ1v) is 8.61. The van der Waals surface area contributed by atoms with E-state index >= 15 is 0 Å². The number of halogens is 2. The van der Waals surface area contributed by atoms with Crippen molar-refractivity contribution in [1.29, 1.82) is 0 Å². The summed E-state index contributed by atoms with van der Waals surface area (Å²) in [7, 11) is -3.72. The van der Waals surface area contributed by atoms with Crippen molar-refractivity contribution >= 4 is 21.5 Å². The van der Waals surface area contributed by atoms with Gasteiger partial charge in [-0.3, -0.25) is 9.52 Å². The topological polar surface area (TPSA) is 72.5 Å². The average Bonchev–Trinajstić information content (AvgIpc) is 2.49. The summed E-state index contributed by atoms with van der Waals surface area (Å²) in [6.07, 6.45) is 0. The molecule has 0 bridgehead atoms. The van der Waals surface area contributed by atoms with E-state index in [9.17, 15) is 22.0 Å². The summed E-state index contributed by atoms with van der Waals surface area (Å²) in [5.41, 5.74) is 0.765. The maximum atomic E-state index is 13.4. The fraction of sp³-hybridized carbons (Fsp3) is 0.188. The van der Waals surface area contributed by atoms with Gasteiger partial charge in [-0.25, -0.2) is 17.2 Å². The summed E-state index contributed by atoms with van der Waals surface area (Å²) in [6, 6.07) is 8.70. The number of carbonyl (C=O) groups excluding carboxylic acids is 1. The Morgan fingerprint density at radius 1 is 1.12 bits per heavy atom. The smallest absolute Gasteiger partial charge is 0.236 e. The van der Waals surface area contributed by atoms with Gasteiger partial charge in [-0.05, 0) is 43.3 Å². The second kappa shape index (κ2) is 7.39. The Morgan fingerprint density at radius 3 is 2.38 bits per heavy atom. The summed E-state index contributed by atoms with van der Waals surface area (Å²) in [6.45, 7) is 1.11. The van der Waals surface area contributed by atoms with Gasteiger partial charge in [-0.15, -0.1) is 0 Å². The molecule has 0 saturated carbocycles. The Bertz CT molecular complexity index is 836. The van der Waals surface area contributed by atoms with Gasteiger partial charge >= 0.3 is 0 Å². The van der Waals surface area contributed by atoms with Crippen LogP contribution in [0, 0.1) is 11.6 Å². The molecule has 0 radical (unpaired) electrons. The van der Waals surface area contributed by atoms with E-state index in [1.807, 2.05) is 0 Å². The first-order chi connectivity index (χ1) is 11.3. The van der Waals surface area contributed by atoms with Crippen molar-refractivity contribution in [2.24, 2.45) is 0 Å². The van der Waals surface area contributed by atoms with Crippen molar-refractivity contribution in [3.05, 3.63) is 59.7 Å². The molecule has 2 aromatic carbocycles. The number of carbonyl (C=O) groups is 1. The third-order valence-electron chi connectivity index (χ3n) is 3.07. The molecule has 0 spiro atoms. The van der Waals surface area contributed by atoms with Crippen molar-refractivity contribution in [3.8, 4) is 5.75 Å². The SMILES string of the molecule is CC(=O)c1ccc(NS(=O)(=O)CCOc2ccc(F)cc2F)cc1. The molecule has 0 aliphatic carbocycles. The lowest BCUT2D eigenvalue weighted by Gasteiger charge is -2.10. The Kier molecular flexibility index (Phi) is 5.50. The zero-order chi connectivity index (χ0) is 17.7. The van der Waals surface area contributed by atoms with Crippen molar-refractivity contribution in [2.75, 3.05) is 17.1 Å². The van der Waals surface area contributed by atoms with Crippen molar-refractivity contribution in [1.82, 2.24) is 0 Å². The second-order valence-corrected chi connectivity index (χ2v) is 6.82.